The minimum absolute atomic E-state index is 0.119. The van der Waals surface area contributed by atoms with E-state index in [1.165, 1.54) is 0 Å². The molecule has 0 aliphatic rings. The highest BCUT2D eigenvalue weighted by Crippen LogP contribution is 2.35. The lowest BCUT2D eigenvalue weighted by Gasteiger charge is -2.08. The van der Waals surface area contributed by atoms with Gasteiger partial charge in [-0.2, -0.15) is 8.75 Å². The second-order valence-electron chi connectivity index (χ2n) is 3.97. The molecule has 0 radical (unpaired) electrons. The Morgan fingerprint density at radius 1 is 1.26 bits per heavy atom. The molecule has 102 valence electrons. The molecule has 1 heterocycles. The minimum atomic E-state index is -0.119. The molecule has 2 rings (SSSR count). The Labute approximate surface area is 124 Å². The highest BCUT2D eigenvalue weighted by molar-refractivity contribution is 7.00. The van der Waals surface area contributed by atoms with Crippen molar-refractivity contribution in [1.29, 1.82) is 0 Å². The van der Waals surface area contributed by atoms with E-state index in [0.29, 0.717) is 39.7 Å². The van der Waals surface area contributed by atoms with Gasteiger partial charge >= 0.3 is 0 Å². The Kier molecular flexibility index (Phi) is 4.93. The van der Waals surface area contributed by atoms with Crippen LogP contribution in [0.15, 0.2) is 6.07 Å². The molecule has 0 saturated carbocycles. The third-order valence-corrected chi connectivity index (χ3v) is 3.68. The van der Waals surface area contributed by atoms with Crippen molar-refractivity contribution >= 4 is 57.6 Å². The minimum Gasteiger partial charge on any atom is -0.330 e. The van der Waals surface area contributed by atoms with Crippen LogP contribution in [0.2, 0.25) is 10.0 Å². The van der Waals surface area contributed by atoms with Gasteiger partial charge < -0.3 is 11.1 Å². The monoisotopic (exact) mass is 318 g/mol. The van der Waals surface area contributed by atoms with Crippen LogP contribution in [0.5, 0.6) is 0 Å². The van der Waals surface area contributed by atoms with Crippen LogP contribution in [0, 0.1) is 0 Å². The van der Waals surface area contributed by atoms with Gasteiger partial charge in [-0.15, -0.1) is 0 Å². The van der Waals surface area contributed by atoms with E-state index < -0.39 is 0 Å². The average molecular weight is 319 g/mol. The number of hydrogen-bond donors (Lipinski definition) is 2. The average Bonchev–Trinajstić information content (AvgIpc) is 2.84. The van der Waals surface area contributed by atoms with Crippen LogP contribution in [0.25, 0.3) is 11.0 Å². The Hall–Kier alpha value is -0.950. The summed E-state index contributed by atoms with van der Waals surface area (Å²) in [6, 6.07) is 1.56. The number of anilines is 1. The van der Waals surface area contributed by atoms with Gasteiger partial charge in [-0.05, 0) is 25.5 Å². The first kappa shape index (κ1) is 14.5. The lowest BCUT2D eigenvalue weighted by molar-refractivity contribution is -0.116. The second-order valence-corrected chi connectivity index (χ2v) is 5.31. The fourth-order valence-corrected chi connectivity index (χ4v) is 2.78. The van der Waals surface area contributed by atoms with Crippen molar-refractivity contribution in [2.24, 2.45) is 5.73 Å². The van der Waals surface area contributed by atoms with Crippen molar-refractivity contribution in [2.75, 3.05) is 11.9 Å². The Morgan fingerprint density at radius 2 is 2.00 bits per heavy atom. The van der Waals surface area contributed by atoms with E-state index in [1.807, 2.05) is 0 Å². The maximum atomic E-state index is 11.8. The molecule has 1 aromatic carbocycles. The molecule has 3 N–H and O–H groups in total. The van der Waals surface area contributed by atoms with Gasteiger partial charge in [0.25, 0.3) is 0 Å². The first-order valence-corrected chi connectivity index (χ1v) is 7.22. The Balaban J connectivity index is 2.20. The van der Waals surface area contributed by atoms with Crippen LogP contribution < -0.4 is 11.1 Å². The Bertz CT molecular complexity index is 602. The molecule has 0 bridgehead atoms. The Morgan fingerprint density at radius 3 is 2.74 bits per heavy atom. The van der Waals surface area contributed by atoms with Crippen LogP contribution >= 0.6 is 34.9 Å². The number of nitrogens with zero attached hydrogens (tertiary/aromatic N) is 2. The lowest BCUT2D eigenvalue weighted by Crippen LogP contribution is -2.12. The van der Waals surface area contributed by atoms with Crippen molar-refractivity contribution in [1.82, 2.24) is 8.75 Å². The maximum Gasteiger partial charge on any atom is 0.224 e. The zero-order valence-corrected chi connectivity index (χ0v) is 12.3. The van der Waals surface area contributed by atoms with Crippen molar-refractivity contribution in [2.45, 2.75) is 19.3 Å². The van der Waals surface area contributed by atoms with E-state index in [4.69, 9.17) is 28.9 Å². The number of aromatic nitrogens is 2. The molecule has 0 atom stereocenters. The van der Waals surface area contributed by atoms with Gasteiger partial charge in [0.05, 0.1) is 27.5 Å². The molecule has 1 aromatic heterocycles. The highest BCUT2D eigenvalue weighted by atomic mass is 35.5. The summed E-state index contributed by atoms with van der Waals surface area (Å²) >= 11 is 13.1. The molecule has 5 nitrogen and oxygen atoms in total. The highest BCUT2D eigenvalue weighted by Gasteiger charge is 2.15. The number of hydrogen-bond acceptors (Lipinski definition) is 5. The summed E-state index contributed by atoms with van der Waals surface area (Å²) in [5.74, 6) is -0.119. The normalized spacial score (nSPS) is 10.9. The van der Waals surface area contributed by atoms with Gasteiger partial charge in [0.15, 0.2) is 0 Å². The van der Waals surface area contributed by atoms with E-state index >= 15 is 0 Å². The van der Waals surface area contributed by atoms with Gasteiger partial charge in [-0.25, -0.2) is 0 Å². The van der Waals surface area contributed by atoms with Crippen molar-refractivity contribution in [3.8, 4) is 0 Å². The number of nitrogens with two attached hydrogens (primary N) is 1. The van der Waals surface area contributed by atoms with E-state index in [0.717, 1.165) is 24.6 Å². The summed E-state index contributed by atoms with van der Waals surface area (Å²) in [5, 5.41) is 3.54. The number of fused-ring (bicyclic) bond motifs is 1. The zero-order chi connectivity index (χ0) is 13.8. The summed E-state index contributed by atoms with van der Waals surface area (Å²) in [7, 11) is 0. The van der Waals surface area contributed by atoms with Gasteiger partial charge in [0, 0.05) is 6.42 Å². The van der Waals surface area contributed by atoms with Crippen molar-refractivity contribution in [3.63, 3.8) is 0 Å². The number of carbonyl (C=O) groups is 1. The van der Waals surface area contributed by atoms with Gasteiger partial charge in [-0.3, -0.25) is 4.79 Å². The summed E-state index contributed by atoms with van der Waals surface area (Å²) < 4.78 is 8.19. The van der Waals surface area contributed by atoms with E-state index in [-0.39, 0.29) is 5.91 Å². The summed E-state index contributed by atoms with van der Waals surface area (Å²) in [6.07, 6.45) is 1.96. The molecule has 0 spiro atoms. The first-order valence-electron chi connectivity index (χ1n) is 5.73. The van der Waals surface area contributed by atoms with Gasteiger partial charge in [-0.1, -0.05) is 23.2 Å². The number of rotatable bonds is 5. The van der Waals surface area contributed by atoms with Gasteiger partial charge in [0.1, 0.15) is 11.0 Å². The number of benzene rings is 1. The van der Waals surface area contributed by atoms with Crippen LogP contribution in [0.4, 0.5) is 5.69 Å². The molecule has 19 heavy (non-hydrogen) atoms. The zero-order valence-electron chi connectivity index (χ0n) is 9.95. The fraction of sp³-hybridized carbons (Fsp3) is 0.364. The number of carbonyl (C=O) groups excluding carboxylic acids is 1. The summed E-state index contributed by atoms with van der Waals surface area (Å²) in [4.78, 5) is 11.8. The molecule has 2 aromatic rings. The second kappa shape index (κ2) is 6.47. The van der Waals surface area contributed by atoms with Crippen LogP contribution in [0.3, 0.4) is 0 Å². The van der Waals surface area contributed by atoms with Crippen LogP contribution in [-0.2, 0) is 4.79 Å². The van der Waals surface area contributed by atoms with E-state index in [9.17, 15) is 4.79 Å². The van der Waals surface area contributed by atoms with Crippen molar-refractivity contribution in [3.05, 3.63) is 16.1 Å². The van der Waals surface area contributed by atoms with E-state index in [1.54, 1.807) is 6.07 Å². The quantitative estimate of drug-likeness (QED) is 0.830. The SMILES string of the molecule is NCCCCC(=O)Nc1c(Cl)cc(Cl)c2nsnc12. The number of halogens is 2. The molecule has 0 saturated heterocycles. The lowest BCUT2D eigenvalue weighted by atomic mass is 10.2. The fourth-order valence-electron chi connectivity index (χ4n) is 1.62. The van der Waals surface area contributed by atoms with E-state index in [2.05, 4.69) is 14.1 Å². The smallest absolute Gasteiger partial charge is 0.224 e. The number of nitrogens with one attached hydrogen (secondary N) is 1. The molecule has 0 aliphatic heterocycles. The molecular formula is C11H12Cl2N4OS. The number of amides is 1. The topological polar surface area (TPSA) is 80.9 Å². The molecule has 0 aliphatic carbocycles. The molecule has 8 heteroatoms. The summed E-state index contributed by atoms with van der Waals surface area (Å²) in [5.41, 5.74) is 6.92. The molecular weight excluding hydrogens is 307 g/mol. The molecule has 0 unspecified atom stereocenters. The number of unbranched alkanes of at least 4 members (excludes halogenated alkanes) is 1. The first-order chi connectivity index (χ1) is 9.13. The van der Waals surface area contributed by atoms with Gasteiger partial charge in [0.2, 0.25) is 5.91 Å². The summed E-state index contributed by atoms with van der Waals surface area (Å²) in [6.45, 7) is 0.579. The standard InChI is InChI=1S/C11H12Cl2N4OS/c12-6-5-7(13)10-11(17-19-16-10)9(6)15-8(18)3-1-2-4-14/h5H,1-4,14H2,(H,15,18). The predicted molar refractivity (Wildman–Crippen MR) is 79.0 cm³/mol. The molecule has 1 amide bonds. The van der Waals surface area contributed by atoms with Crippen LogP contribution in [-0.4, -0.2) is 21.2 Å². The maximum absolute atomic E-state index is 11.8. The third-order valence-electron chi connectivity index (χ3n) is 2.57. The third kappa shape index (κ3) is 3.33. The van der Waals surface area contributed by atoms with Crippen molar-refractivity contribution < 1.29 is 4.79 Å². The molecule has 0 fully saturated rings. The largest absolute Gasteiger partial charge is 0.330 e. The van der Waals surface area contributed by atoms with Crippen LogP contribution in [0.1, 0.15) is 19.3 Å². The predicted octanol–water partition coefficient (Wildman–Crippen LogP) is 3.07.